The first kappa shape index (κ1) is 16.5. The molecule has 0 saturated heterocycles. The summed E-state index contributed by atoms with van der Waals surface area (Å²) < 4.78 is 2.65. The molecule has 0 amide bonds. The first-order valence-electron chi connectivity index (χ1n) is 7.99. The van der Waals surface area contributed by atoms with E-state index >= 15 is 0 Å². The maximum absolute atomic E-state index is 11.6. The van der Waals surface area contributed by atoms with Crippen molar-refractivity contribution >= 4 is 32.9 Å². The van der Waals surface area contributed by atoms with Crippen LogP contribution in [0.1, 0.15) is 16.2 Å². The molecule has 0 unspecified atom stereocenters. The minimum atomic E-state index is -1.07. The van der Waals surface area contributed by atoms with Crippen LogP contribution in [-0.4, -0.2) is 25.8 Å². The first-order chi connectivity index (χ1) is 12.5. The normalized spacial score (nSPS) is 11.0. The molecule has 6 heteroatoms. The van der Waals surface area contributed by atoms with Crippen molar-refractivity contribution < 1.29 is 9.90 Å². The number of carboxylic acids is 1. The summed E-state index contributed by atoms with van der Waals surface area (Å²) in [6.07, 6.45) is 0. The molecule has 26 heavy (non-hydrogen) atoms. The Labute approximate surface area is 158 Å². The van der Waals surface area contributed by atoms with Gasteiger partial charge in [0.25, 0.3) is 0 Å². The number of hydrogen-bond acceptors (Lipinski definition) is 3. The second kappa shape index (κ2) is 6.38. The number of benzene rings is 2. The number of hydrogen-bond donors (Lipinski definition) is 1. The van der Waals surface area contributed by atoms with Crippen molar-refractivity contribution in [3.05, 3.63) is 76.5 Å². The number of para-hydroxylation sites is 1. The molecule has 1 N–H and O–H groups in total. The lowest BCUT2D eigenvalue weighted by molar-refractivity contribution is 0.0691. The van der Waals surface area contributed by atoms with Crippen LogP contribution in [0, 0.1) is 6.92 Å². The lowest BCUT2D eigenvalue weighted by Gasteiger charge is -2.08. The molecule has 0 aliphatic heterocycles. The van der Waals surface area contributed by atoms with E-state index in [-0.39, 0.29) is 5.69 Å². The molecule has 5 nitrogen and oxygen atoms in total. The number of pyridine rings is 1. The quantitative estimate of drug-likeness (QED) is 0.526. The summed E-state index contributed by atoms with van der Waals surface area (Å²) in [6, 6.07) is 18.9. The van der Waals surface area contributed by atoms with E-state index in [9.17, 15) is 9.90 Å². The van der Waals surface area contributed by atoms with Gasteiger partial charge in [-0.1, -0.05) is 46.3 Å². The Kier molecular flexibility index (Phi) is 4.05. The molecule has 2 aromatic heterocycles. The molecule has 128 valence electrons. The summed E-state index contributed by atoms with van der Waals surface area (Å²) in [5.41, 5.74) is 3.88. The van der Waals surface area contributed by atoms with Crippen molar-refractivity contribution in [2.45, 2.75) is 6.92 Å². The molecule has 0 radical (unpaired) electrons. The average Bonchev–Trinajstić information content (AvgIpc) is 2.99. The standard InChI is InChI=1S/C20H14BrN3O2/c1-12-18-16(13-7-9-14(21)10-8-13)11-17(20(25)26)22-19(18)24(23-12)15-5-3-2-4-6-15/h2-11H,1H3,(H,25,26). The van der Waals surface area contributed by atoms with Gasteiger partial charge in [0.15, 0.2) is 11.3 Å². The van der Waals surface area contributed by atoms with E-state index < -0.39 is 5.97 Å². The highest BCUT2D eigenvalue weighted by Crippen LogP contribution is 2.32. The molecule has 4 aromatic rings. The lowest BCUT2D eigenvalue weighted by Crippen LogP contribution is -2.04. The number of fused-ring (bicyclic) bond motifs is 1. The summed E-state index contributed by atoms with van der Waals surface area (Å²) in [6.45, 7) is 1.91. The van der Waals surface area contributed by atoms with E-state index in [0.717, 1.165) is 32.4 Å². The number of rotatable bonds is 3. The predicted molar refractivity (Wildman–Crippen MR) is 104 cm³/mol. The summed E-state index contributed by atoms with van der Waals surface area (Å²) in [4.78, 5) is 16.0. The highest BCUT2D eigenvalue weighted by atomic mass is 79.9. The molecule has 0 fully saturated rings. The maximum atomic E-state index is 11.6. The Morgan fingerprint density at radius 2 is 1.77 bits per heavy atom. The molecule has 0 aliphatic rings. The summed E-state index contributed by atoms with van der Waals surface area (Å²) in [5.74, 6) is -1.07. The van der Waals surface area contributed by atoms with Gasteiger partial charge in [-0.15, -0.1) is 0 Å². The Balaban J connectivity index is 2.07. The minimum Gasteiger partial charge on any atom is -0.477 e. The second-order valence-electron chi connectivity index (χ2n) is 5.90. The van der Waals surface area contributed by atoms with Crippen LogP contribution in [0.25, 0.3) is 27.8 Å². The molecule has 4 rings (SSSR count). The number of aromatic carboxylic acids is 1. The van der Waals surface area contributed by atoms with Crippen molar-refractivity contribution in [2.75, 3.05) is 0 Å². The van der Waals surface area contributed by atoms with Gasteiger partial charge in [0.05, 0.1) is 16.8 Å². The fraction of sp³-hybridized carbons (Fsp3) is 0.0500. The first-order valence-corrected chi connectivity index (χ1v) is 8.79. The molecule has 0 spiro atoms. The topological polar surface area (TPSA) is 68.0 Å². The van der Waals surface area contributed by atoms with Crippen molar-refractivity contribution in [3.63, 3.8) is 0 Å². The Morgan fingerprint density at radius 3 is 2.42 bits per heavy atom. The van der Waals surface area contributed by atoms with Crippen LogP contribution in [-0.2, 0) is 0 Å². The van der Waals surface area contributed by atoms with Gasteiger partial charge in [-0.3, -0.25) is 0 Å². The van der Waals surface area contributed by atoms with E-state index in [2.05, 4.69) is 26.0 Å². The van der Waals surface area contributed by atoms with Gasteiger partial charge in [0.1, 0.15) is 0 Å². The van der Waals surface area contributed by atoms with Crippen LogP contribution in [0.5, 0.6) is 0 Å². The van der Waals surface area contributed by atoms with E-state index in [0.29, 0.717) is 5.65 Å². The third-order valence-electron chi connectivity index (χ3n) is 4.19. The highest BCUT2D eigenvalue weighted by Gasteiger charge is 2.19. The predicted octanol–water partition coefficient (Wildman–Crippen LogP) is 4.86. The van der Waals surface area contributed by atoms with Gasteiger partial charge in [-0.2, -0.15) is 5.10 Å². The minimum absolute atomic E-state index is 0.00694. The van der Waals surface area contributed by atoms with Crippen LogP contribution < -0.4 is 0 Å². The molecule has 0 atom stereocenters. The summed E-state index contributed by atoms with van der Waals surface area (Å²) in [7, 11) is 0. The third-order valence-corrected chi connectivity index (χ3v) is 4.72. The number of carbonyl (C=O) groups is 1. The van der Waals surface area contributed by atoms with E-state index in [1.165, 1.54) is 0 Å². The Bertz CT molecular complexity index is 1120. The Hall–Kier alpha value is -2.99. The zero-order valence-corrected chi connectivity index (χ0v) is 15.4. The van der Waals surface area contributed by atoms with E-state index in [1.54, 1.807) is 10.7 Å². The smallest absolute Gasteiger partial charge is 0.354 e. The van der Waals surface area contributed by atoms with Gasteiger partial charge in [0.2, 0.25) is 0 Å². The fourth-order valence-electron chi connectivity index (χ4n) is 3.00. The molecule has 0 saturated carbocycles. The largest absolute Gasteiger partial charge is 0.477 e. The number of carboxylic acid groups (broad SMARTS) is 1. The van der Waals surface area contributed by atoms with Crippen molar-refractivity contribution in [3.8, 4) is 16.8 Å². The van der Waals surface area contributed by atoms with Crippen LogP contribution in [0.2, 0.25) is 0 Å². The van der Waals surface area contributed by atoms with Gasteiger partial charge < -0.3 is 5.11 Å². The van der Waals surface area contributed by atoms with Crippen LogP contribution in [0.3, 0.4) is 0 Å². The second-order valence-corrected chi connectivity index (χ2v) is 6.81. The van der Waals surface area contributed by atoms with Gasteiger partial charge in [0, 0.05) is 4.47 Å². The number of halogens is 1. The molecule has 2 heterocycles. The van der Waals surface area contributed by atoms with Gasteiger partial charge >= 0.3 is 5.97 Å². The molecule has 0 aliphatic carbocycles. The molecule has 2 aromatic carbocycles. The van der Waals surface area contributed by atoms with Crippen molar-refractivity contribution in [1.82, 2.24) is 14.8 Å². The average molecular weight is 408 g/mol. The summed E-state index contributed by atoms with van der Waals surface area (Å²) >= 11 is 3.43. The molecular weight excluding hydrogens is 394 g/mol. The summed E-state index contributed by atoms with van der Waals surface area (Å²) in [5, 5.41) is 15.0. The molecular formula is C20H14BrN3O2. The molecule has 0 bridgehead atoms. The van der Waals surface area contributed by atoms with Crippen molar-refractivity contribution in [1.29, 1.82) is 0 Å². The maximum Gasteiger partial charge on any atom is 0.354 e. The third kappa shape index (κ3) is 2.78. The number of aryl methyl sites for hydroxylation is 1. The zero-order chi connectivity index (χ0) is 18.3. The van der Waals surface area contributed by atoms with Gasteiger partial charge in [-0.25, -0.2) is 14.5 Å². The SMILES string of the molecule is Cc1nn(-c2ccccc2)c2nc(C(=O)O)cc(-c3ccc(Br)cc3)c12. The monoisotopic (exact) mass is 407 g/mol. The van der Waals surface area contributed by atoms with Gasteiger partial charge in [-0.05, 0) is 48.4 Å². The number of aromatic nitrogens is 3. The Morgan fingerprint density at radius 1 is 1.08 bits per heavy atom. The van der Waals surface area contributed by atoms with E-state index in [4.69, 9.17) is 0 Å². The lowest BCUT2D eigenvalue weighted by atomic mass is 10.0. The fourth-order valence-corrected chi connectivity index (χ4v) is 3.27. The zero-order valence-electron chi connectivity index (χ0n) is 13.8. The van der Waals surface area contributed by atoms with Crippen molar-refractivity contribution in [2.24, 2.45) is 0 Å². The van der Waals surface area contributed by atoms with Crippen LogP contribution in [0.4, 0.5) is 0 Å². The number of nitrogens with zero attached hydrogens (tertiary/aromatic N) is 3. The highest BCUT2D eigenvalue weighted by molar-refractivity contribution is 9.10. The van der Waals surface area contributed by atoms with Crippen LogP contribution >= 0.6 is 15.9 Å². The van der Waals surface area contributed by atoms with E-state index in [1.807, 2.05) is 61.5 Å². The van der Waals surface area contributed by atoms with Crippen LogP contribution in [0.15, 0.2) is 65.1 Å².